The standard InChI is InChI=1S/C12H14Br3NO3S/c1-2-3-7-11(17)16-9-5-4-6-10(8-9)20(18,19)12(13,14)15/h4-6,8H,2-3,7H2,1H3,(H,16,17). The van der Waals surface area contributed by atoms with Crippen LogP contribution in [0.1, 0.15) is 26.2 Å². The van der Waals surface area contributed by atoms with Crippen LogP contribution in [0.15, 0.2) is 29.2 Å². The van der Waals surface area contributed by atoms with Gasteiger partial charge in [-0.2, -0.15) is 0 Å². The van der Waals surface area contributed by atoms with Crippen molar-refractivity contribution >= 4 is 69.2 Å². The third-order valence-corrected chi connectivity index (χ3v) is 7.81. The Balaban J connectivity index is 2.95. The first-order valence-corrected chi connectivity index (χ1v) is 9.76. The van der Waals surface area contributed by atoms with Crippen LogP contribution in [0.2, 0.25) is 0 Å². The number of amides is 1. The molecule has 0 saturated heterocycles. The molecule has 0 unspecified atom stereocenters. The van der Waals surface area contributed by atoms with E-state index in [0.717, 1.165) is 12.8 Å². The first-order chi connectivity index (χ1) is 9.18. The van der Waals surface area contributed by atoms with Gasteiger partial charge in [-0.1, -0.05) is 19.4 Å². The van der Waals surface area contributed by atoms with Crippen molar-refractivity contribution in [3.8, 4) is 0 Å². The van der Waals surface area contributed by atoms with Crippen molar-refractivity contribution in [1.82, 2.24) is 0 Å². The molecular weight excluding hydrogens is 478 g/mol. The Hall–Kier alpha value is 0.0800. The van der Waals surface area contributed by atoms with E-state index in [-0.39, 0.29) is 10.8 Å². The van der Waals surface area contributed by atoms with Crippen LogP contribution in [0, 0.1) is 0 Å². The first kappa shape index (κ1) is 18.1. The second-order valence-electron chi connectivity index (χ2n) is 4.13. The summed E-state index contributed by atoms with van der Waals surface area (Å²) < 4.78 is 23.0. The topological polar surface area (TPSA) is 63.2 Å². The number of benzene rings is 1. The summed E-state index contributed by atoms with van der Waals surface area (Å²) in [5, 5.41) is 2.69. The molecule has 1 aromatic carbocycles. The molecule has 0 spiro atoms. The van der Waals surface area contributed by atoms with Crippen molar-refractivity contribution in [1.29, 1.82) is 0 Å². The van der Waals surface area contributed by atoms with E-state index in [9.17, 15) is 13.2 Å². The van der Waals surface area contributed by atoms with E-state index in [4.69, 9.17) is 0 Å². The lowest BCUT2D eigenvalue weighted by atomic mass is 10.2. The molecule has 1 amide bonds. The molecule has 0 aliphatic rings. The van der Waals surface area contributed by atoms with Gasteiger partial charge in [-0.25, -0.2) is 8.42 Å². The van der Waals surface area contributed by atoms with Crippen molar-refractivity contribution in [3.05, 3.63) is 24.3 Å². The number of anilines is 1. The number of alkyl halides is 3. The average molecular weight is 492 g/mol. The fourth-order valence-corrected chi connectivity index (χ4v) is 3.92. The fraction of sp³-hybridized carbons (Fsp3) is 0.417. The van der Waals surface area contributed by atoms with Crippen LogP contribution in [0.5, 0.6) is 0 Å². The van der Waals surface area contributed by atoms with Crippen molar-refractivity contribution < 1.29 is 13.2 Å². The summed E-state index contributed by atoms with van der Waals surface area (Å²) in [5.74, 6) is -0.121. The molecule has 8 heteroatoms. The summed E-state index contributed by atoms with van der Waals surface area (Å²) in [5.41, 5.74) is 0.462. The molecule has 0 fully saturated rings. The van der Waals surface area contributed by atoms with Gasteiger partial charge in [0.1, 0.15) is 0 Å². The molecule has 112 valence electrons. The van der Waals surface area contributed by atoms with E-state index in [2.05, 4.69) is 53.1 Å². The number of hydrogen-bond donors (Lipinski definition) is 1. The molecule has 0 aliphatic carbocycles. The average Bonchev–Trinajstić information content (AvgIpc) is 2.35. The molecule has 0 heterocycles. The summed E-state index contributed by atoms with van der Waals surface area (Å²) in [6.45, 7) is 2.00. The lowest BCUT2D eigenvalue weighted by Crippen LogP contribution is -2.18. The van der Waals surface area contributed by atoms with Crippen LogP contribution < -0.4 is 5.32 Å². The molecule has 20 heavy (non-hydrogen) atoms. The van der Waals surface area contributed by atoms with Crippen molar-refractivity contribution in [3.63, 3.8) is 0 Å². The van der Waals surface area contributed by atoms with Crippen molar-refractivity contribution in [2.24, 2.45) is 0 Å². The van der Waals surface area contributed by atoms with Gasteiger partial charge >= 0.3 is 0 Å². The van der Waals surface area contributed by atoms with E-state index in [1.54, 1.807) is 12.1 Å². The molecule has 0 aliphatic heterocycles. The summed E-state index contributed by atoms with van der Waals surface area (Å²) in [6.07, 6.45) is 2.16. The van der Waals surface area contributed by atoms with Gasteiger partial charge < -0.3 is 5.32 Å². The minimum atomic E-state index is -3.65. The highest BCUT2D eigenvalue weighted by atomic mass is 80.0. The maximum Gasteiger partial charge on any atom is 0.239 e. The van der Waals surface area contributed by atoms with E-state index in [1.807, 2.05) is 6.92 Å². The third kappa shape index (κ3) is 4.82. The van der Waals surface area contributed by atoms with Crippen LogP contribution in [0.4, 0.5) is 5.69 Å². The van der Waals surface area contributed by atoms with Gasteiger partial charge in [-0.05, 0) is 72.4 Å². The maximum atomic E-state index is 12.2. The highest BCUT2D eigenvalue weighted by Gasteiger charge is 2.37. The Labute approximate surface area is 144 Å². The molecular formula is C12H14Br3NO3S. The predicted molar refractivity (Wildman–Crippen MR) is 91.3 cm³/mol. The molecule has 1 N–H and O–H groups in total. The van der Waals surface area contributed by atoms with Crippen LogP contribution >= 0.6 is 47.8 Å². The van der Waals surface area contributed by atoms with Gasteiger partial charge in [0.2, 0.25) is 17.2 Å². The number of hydrogen-bond acceptors (Lipinski definition) is 3. The van der Waals surface area contributed by atoms with Gasteiger partial charge in [0.05, 0.1) is 4.90 Å². The van der Waals surface area contributed by atoms with Crippen molar-refractivity contribution in [2.75, 3.05) is 5.32 Å². The number of sulfone groups is 1. The van der Waals surface area contributed by atoms with Crippen molar-refractivity contribution in [2.45, 2.75) is 32.6 Å². The van der Waals surface area contributed by atoms with Crippen LogP contribution in [0.25, 0.3) is 0 Å². The van der Waals surface area contributed by atoms with Crippen LogP contribution in [0.3, 0.4) is 0 Å². The normalized spacial score (nSPS) is 12.2. The largest absolute Gasteiger partial charge is 0.326 e. The summed E-state index contributed by atoms with van der Waals surface area (Å²) in [6, 6.07) is 6.13. The van der Waals surface area contributed by atoms with Gasteiger partial charge in [0, 0.05) is 12.1 Å². The highest BCUT2D eigenvalue weighted by molar-refractivity contribution is 9.42. The highest BCUT2D eigenvalue weighted by Crippen LogP contribution is 2.43. The smallest absolute Gasteiger partial charge is 0.239 e. The third-order valence-electron chi connectivity index (χ3n) is 2.49. The summed E-state index contributed by atoms with van der Waals surface area (Å²) in [7, 11) is -3.65. The van der Waals surface area contributed by atoms with Gasteiger partial charge in [-0.15, -0.1) is 0 Å². The Morgan fingerprint density at radius 1 is 1.30 bits per heavy atom. The van der Waals surface area contributed by atoms with Crippen LogP contribution in [-0.2, 0) is 14.6 Å². The number of rotatable bonds is 5. The van der Waals surface area contributed by atoms with E-state index in [0.29, 0.717) is 12.1 Å². The minimum Gasteiger partial charge on any atom is -0.326 e. The second-order valence-corrected chi connectivity index (χ2v) is 14.6. The molecule has 4 nitrogen and oxygen atoms in total. The van der Waals surface area contributed by atoms with Gasteiger partial charge in [-0.3, -0.25) is 4.79 Å². The zero-order chi connectivity index (χ0) is 15.4. The fourth-order valence-electron chi connectivity index (χ4n) is 1.44. The van der Waals surface area contributed by atoms with Crippen LogP contribution in [-0.4, -0.2) is 15.8 Å². The number of nitrogens with one attached hydrogen (secondary N) is 1. The summed E-state index contributed by atoms with van der Waals surface area (Å²) in [4.78, 5) is 11.7. The molecule has 1 aromatic rings. The number of carbonyl (C=O) groups excluding carboxylic acids is 1. The lowest BCUT2D eigenvalue weighted by molar-refractivity contribution is -0.116. The Kier molecular flexibility index (Phi) is 6.69. The molecule has 0 radical (unpaired) electrons. The second kappa shape index (κ2) is 7.38. The molecule has 0 atom stereocenters. The Morgan fingerprint density at radius 2 is 1.95 bits per heavy atom. The quantitative estimate of drug-likeness (QED) is 0.621. The predicted octanol–water partition coefficient (Wildman–Crippen LogP) is 4.39. The van der Waals surface area contributed by atoms with Gasteiger partial charge in [0.15, 0.2) is 0 Å². The zero-order valence-corrected chi connectivity index (χ0v) is 16.3. The SMILES string of the molecule is CCCCC(=O)Nc1cccc(S(=O)(=O)C(Br)(Br)Br)c1. The van der Waals surface area contributed by atoms with Gasteiger partial charge in [0.25, 0.3) is 0 Å². The summed E-state index contributed by atoms with van der Waals surface area (Å²) >= 11 is 9.01. The Bertz CT molecular complexity index is 582. The number of halogens is 3. The molecule has 0 aromatic heterocycles. The first-order valence-electron chi connectivity index (χ1n) is 5.89. The maximum absolute atomic E-state index is 12.2. The molecule has 0 saturated carbocycles. The van der Waals surface area contributed by atoms with E-state index >= 15 is 0 Å². The zero-order valence-electron chi connectivity index (χ0n) is 10.7. The monoisotopic (exact) mass is 489 g/mol. The minimum absolute atomic E-state index is 0.0939. The van der Waals surface area contributed by atoms with E-state index < -0.39 is 11.3 Å². The molecule has 0 bridgehead atoms. The Morgan fingerprint density at radius 3 is 2.50 bits per heavy atom. The van der Waals surface area contributed by atoms with E-state index in [1.165, 1.54) is 12.1 Å². The number of carbonyl (C=O) groups is 1. The molecule has 1 rings (SSSR count). The number of unbranched alkanes of at least 4 members (excludes halogenated alkanes) is 1. The lowest BCUT2D eigenvalue weighted by Gasteiger charge is -2.14.